The molecule has 1 heterocycles. The molecule has 2 aromatic rings. The summed E-state index contributed by atoms with van der Waals surface area (Å²) in [5, 5.41) is 2.78. The van der Waals surface area contributed by atoms with Gasteiger partial charge in [-0.3, -0.25) is 14.5 Å². The van der Waals surface area contributed by atoms with E-state index in [1.54, 1.807) is 50.2 Å². The molecule has 0 aromatic heterocycles. The SMILES string of the molecule is CCOC(=O)C1=C(C)N(c2ccccc2)C(=O)C[C@@H]1C(=O)Nc1cccc(OC)c1. The van der Waals surface area contributed by atoms with Crippen molar-refractivity contribution < 1.29 is 23.9 Å². The standard InChI is InChI=1S/C23H24N2O5/c1-4-30-23(28)21-15(2)25(17-10-6-5-7-11-17)20(26)14-19(21)22(27)24-16-9-8-12-18(13-16)29-3/h5-13,19H,4,14H2,1-3H3,(H,24,27)/t19-/m0/s1. The highest BCUT2D eigenvalue weighted by molar-refractivity contribution is 6.10. The lowest BCUT2D eigenvalue weighted by Crippen LogP contribution is -2.43. The minimum atomic E-state index is -0.956. The minimum absolute atomic E-state index is 0.143. The number of rotatable bonds is 6. The van der Waals surface area contributed by atoms with Gasteiger partial charge in [0.1, 0.15) is 5.75 Å². The fourth-order valence-corrected chi connectivity index (χ4v) is 3.50. The number of anilines is 2. The number of nitrogens with zero attached hydrogens (tertiary/aromatic N) is 1. The molecule has 156 valence electrons. The topological polar surface area (TPSA) is 84.9 Å². The number of hydrogen-bond donors (Lipinski definition) is 1. The molecule has 0 radical (unpaired) electrons. The van der Waals surface area contributed by atoms with Crippen LogP contribution in [0.25, 0.3) is 0 Å². The van der Waals surface area contributed by atoms with Gasteiger partial charge >= 0.3 is 5.97 Å². The first kappa shape index (κ1) is 21.1. The van der Waals surface area contributed by atoms with Crippen LogP contribution in [-0.2, 0) is 19.1 Å². The van der Waals surface area contributed by atoms with Gasteiger partial charge in [-0.2, -0.15) is 0 Å². The van der Waals surface area contributed by atoms with E-state index in [2.05, 4.69) is 5.32 Å². The van der Waals surface area contributed by atoms with Crippen molar-refractivity contribution in [3.63, 3.8) is 0 Å². The van der Waals surface area contributed by atoms with Gasteiger partial charge in [0.25, 0.3) is 0 Å². The van der Waals surface area contributed by atoms with Crippen LogP contribution in [-0.4, -0.2) is 31.5 Å². The third-order valence-electron chi connectivity index (χ3n) is 4.87. The van der Waals surface area contributed by atoms with Gasteiger partial charge in [0, 0.05) is 29.6 Å². The lowest BCUT2D eigenvalue weighted by Gasteiger charge is -2.33. The van der Waals surface area contributed by atoms with Crippen LogP contribution in [0.1, 0.15) is 20.3 Å². The summed E-state index contributed by atoms with van der Waals surface area (Å²) in [7, 11) is 1.53. The van der Waals surface area contributed by atoms with E-state index in [0.29, 0.717) is 22.8 Å². The van der Waals surface area contributed by atoms with Crippen molar-refractivity contribution in [2.75, 3.05) is 23.9 Å². The predicted molar refractivity (Wildman–Crippen MR) is 113 cm³/mol. The summed E-state index contributed by atoms with van der Waals surface area (Å²) in [6, 6.07) is 15.9. The zero-order valence-electron chi connectivity index (χ0n) is 17.2. The molecule has 2 amide bonds. The fraction of sp³-hybridized carbons (Fsp3) is 0.261. The van der Waals surface area contributed by atoms with E-state index in [0.717, 1.165) is 0 Å². The zero-order valence-corrected chi connectivity index (χ0v) is 17.2. The molecule has 30 heavy (non-hydrogen) atoms. The maximum atomic E-state index is 13.1. The molecule has 7 heteroatoms. The highest BCUT2D eigenvalue weighted by Crippen LogP contribution is 2.34. The number of esters is 1. The Kier molecular flexibility index (Phi) is 6.51. The number of hydrogen-bond acceptors (Lipinski definition) is 5. The van der Waals surface area contributed by atoms with E-state index in [9.17, 15) is 14.4 Å². The molecular weight excluding hydrogens is 384 g/mol. The second-order valence-corrected chi connectivity index (χ2v) is 6.76. The molecule has 1 aliphatic heterocycles. The molecule has 2 aromatic carbocycles. The first-order chi connectivity index (χ1) is 14.5. The van der Waals surface area contributed by atoms with E-state index in [1.165, 1.54) is 12.0 Å². The average Bonchev–Trinajstić information content (AvgIpc) is 2.74. The fourth-order valence-electron chi connectivity index (χ4n) is 3.50. The number of carbonyl (C=O) groups excluding carboxylic acids is 3. The molecule has 0 fully saturated rings. The summed E-state index contributed by atoms with van der Waals surface area (Å²) in [5.74, 6) is -1.69. The van der Waals surface area contributed by atoms with Crippen LogP contribution >= 0.6 is 0 Å². The molecular formula is C23H24N2O5. The van der Waals surface area contributed by atoms with Gasteiger partial charge in [-0.15, -0.1) is 0 Å². The number of nitrogens with one attached hydrogen (secondary N) is 1. The normalized spacial score (nSPS) is 16.3. The summed E-state index contributed by atoms with van der Waals surface area (Å²) in [6.07, 6.45) is -0.143. The quantitative estimate of drug-likeness (QED) is 0.739. The predicted octanol–water partition coefficient (Wildman–Crippen LogP) is 3.52. The molecule has 7 nitrogen and oxygen atoms in total. The number of ether oxygens (including phenoxy) is 2. The van der Waals surface area contributed by atoms with E-state index in [4.69, 9.17) is 9.47 Å². The van der Waals surface area contributed by atoms with Gasteiger partial charge in [-0.25, -0.2) is 4.79 Å². The van der Waals surface area contributed by atoms with Crippen molar-refractivity contribution in [3.8, 4) is 5.75 Å². The Hall–Kier alpha value is -3.61. The highest BCUT2D eigenvalue weighted by Gasteiger charge is 2.40. The van der Waals surface area contributed by atoms with Crippen LogP contribution < -0.4 is 15.0 Å². The Labute approximate surface area is 175 Å². The van der Waals surface area contributed by atoms with Crippen LogP contribution in [0.3, 0.4) is 0 Å². The van der Waals surface area contributed by atoms with Crippen molar-refractivity contribution in [3.05, 3.63) is 65.9 Å². The highest BCUT2D eigenvalue weighted by atomic mass is 16.5. The van der Waals surface area contributed by atoms with Crippen molar-refractivity contribution in [1.82, 2.24) is 0 Å². The van der Waals surface area contributed by atoms with Gasteiger partial charge in [-0.05, 0) is 38.1 Å². The molecule has 0 saturated carbocycles. The second kappa shape index (κ2) is 9.26. The van der Waals surface area contributed by atoms with Crippen LogP contribution in [0.15, 0.2) is 65.9 Å². The van der Waals surface area contributed by atoms with Crippen molar-refractivity contribution in [2.24, 2.45) is 5.92 Å². The summed E-state index contributed by atoms with van der Waals surface area (Å²) in [5.41, 5.74) is 1.72. The smallest absolute Gasteiger partial charge is 0.336 e. The summed E-state index contributed by atoms with van der Waals surface area (Å²) < 4.78 is 10.4. The first-order valence-corrected chi connectivity index (χ1v) is 9.67. The summed E-state index contributed by atoms with van der Waals surface area (Å²) in [6.45, 7) is 3.52. The Bertz CT molecular complexity index is 984. The molecule has 1 atom stereocenters. The van der Waals surface area contributed by atoms with Gasteiger partial charge in [-0.1, -0.05) is 24.3 Å². The van der Waals surface area contributed by atoms with E-state index < -0.39 is 17.8 Å². The van der Waals surface area contributed by atoms with Crippen molar-refractivity contribution in [2.45, 2.75) is 20.3 Å². The molecule has 3 rings (SSSR count). The largest absolute Gasteiger partial charge is 0.497 e. The van der Waals surface area contributed by atoms with Gasteiger partial charge in [0.15, 0.2) is 0 Å². The third-order valence-corrected chi connectivity index (χ3v) is 4.87. The lowest BCUT2D eigenvalue weighted by atomic mass is 9.88. The van der Waals surface area contributed by atoms with Crippen molar-refractivity contribution in [1.29, 1.82) is 0 Å². The first-order valence-electron chi connectivity index (χ1n) is 9.67. The minimum Gasteiger partial charge on any atom is -0.497 e. The molecule has 1 aliphatic rings. The Morgan fingerprint density at radius 2 is 1.87 bits per heavy atom. The van der Waals surface area contributed by atoms with Crippen LogP contribution in [0.4, 0.5) is 11.4 Å². The molecule has 0 unspecified atom stereocenters. The Morgan fingerprint density at radius 1 is 1.13 bits per heavy atom. The lowest BCUT2D eigenvalue weighted by molar-refractivity contribution is -0.141. The number of benzene rings is 2. The maximum Gasteiger partial charge on any atom is 0.336 e. The van der Waals surface area contributed by atoms with Crippen LogP contribution in [0.2, 0.25) is 0 Å². The van der Waals surface area contributed by atoms with Gasteiger partial charge < -0.3 is 14.8 Å². The van der Waals surface area contributed by atoms with Crippen molar-refractivity contribution >= 4 is 29.2 Å². The number of methoxy groups -OCH3 is 1. The van der Waals surface area contributed by atoms with E-state index >= 15 is 0 Å². The van der Waals surface area contributed by atoms with Crippen LogP contribution in [0.5, 0.6) is 5.75 Å². The number of amides is 2. The number of carbonyl (C=O) groups is 3. The monoisotopic (exact) mass is 408 g/mol. The van der Waals surface area contributed by atoms with Crippen LogP contribution in [0, 0.1) is 5.92 Å². The molecule has 0 saturated heterocycles. The summed E-state index contributed by atoms with van der Waals surface area (Å²) in [4.78, 5) is 40.2. The molecule has 0 bridgehead atoms. The number of allylic oxidation sites excluding steroid dienone is 1. The summed E-state index contributed by atoms with van der Waals surface area (Å²) >= 11 is 0. The van der Waals surface area contributed by atoms with E-state index in [-0.39, 0.29) is 24.5 Å². The molecule has 1 N–H and O–H groups in total. The molecule has 0 spiro atoms. The van der Waals surface area contributed by atoms with Gasteiger partial charge in [0.05, 0.1) is 25.2 Å². The Balaban J connectivity index is 1.98. The third kappa shape index (κ3) is 4.35. The Morgan fingerprint density at radius 3 is 2.53 bits per heavy atom. The second-order valence-electron chi connectivity index (χ2n) is 6.76. The molecule has 0 aliphatic carbocycles. The average molecular weight is 408 g/mol. The maximum absolute atomic E-state index is 13.1. The number of para-hydroxylation sites is 1. The zero-order chi connectivity index (χ0) is 21.7. The van der Waals surface area contributed by atoms with Gasteiger partial charge in [0.2, 0.25) is 11.8 Å². The van der Waals surface area contributed by atoms with E-state index in [1.807, 2.05) is 18.2 Å².